The minimum Gasteiger partial charge on any atom is -0.346 e. The van der Waals surface area contributed by atoms with Crippen LogP contribution in [0, 0.1) is 13.8 Å². The minimum atomic E-state index is -0.198. The van der Waals surface area contributed by atoms with E-state index in [-0.39, 0.29) is 36.6 Å². The van der Waals surface area contributed by atoms with Crippen molar-refractivity contribution in [2.75, 3.05) is 4.90 Å². The Morgan fingerprint density at radius 2 is 1.62 bits per heavy atom. The quantitative estimate of drug-likeness (QED) is 0.859. The topological polar surface area (TPSA) is 66.5 Å². The summed E-state index contributed by atoms with van der Waals surface area (Å²) in [4.78, 5) is 37.3. The third-order valence-corrected chi connectivity index (χ3v) is 4.69. The Kier molecular flexibility index (Phi) is 4.89. The zero-order valence-electron chi connectivity index (χ0n) is 15.2. The molecular weight excluding hydrogens is 328 g/mol. The van der Waals surface area contributed by atoms with Crippen molar-refractivity contribution in [3.63, 3.8) is 0 Å². The highest BCUT2D eigenvalue weighted by Gasteiger charge is 2.30. The molecule has 0 spiro atoms. The van der Waals surface area contributed by atoms with Crippen molar-refractivity contribution >= 4 is 23.4 Å². The molecule has 0 radical (unpaired) electrons. The molecule has 0 aliphatic carbocycles. The average molecular weight is 350 g/mol. The number of aryl methyl sites for hydroxylation is 2. The summed E-state index contributed by atoms with van der Waals surface area (Å²) in [7, 11) is 0. The van der Waals surface area contributed by atoms with Crippen molar-refractivity contribution in [1.82, 2.24) is 5.32 Å². The third-order valence-electron chi connectivity index (χ3n) is 4.69. The van der Waals surface area contributed by atoms with Gasteiger partial charge in [0.25, 0.3) is 5.91 Å². The number of nitrogens with zero attached hydrogens (tertiary/aromatic N) is 1. The zero-order chi connectivity index (χ0) is 18.8. The number of hydrogen-bond acceptors (Lipinski definition) is 3. The van der Waals surface area contributed by atoms with Crippen LogP contribution in [0.5, 0.6) is 0 Å². The van der Waals surface area contributed by atoms with Crippen molar-refractivity contribution in [2.24, 2.45) is 0 Å². The van der Waals surface area contributed by atoms with E-state index in [4.69, 9.17) is 0 Å². The molecule has 0 unspecified atom stereocenters. The molecule has 1 fully saturated rings. The minimum absolute atomic E-state index is 0.121. The molecule has 1 heterocycles. The molecule has 2 aromatic carbocycles. The second-order valence-corrected chi connectivity index (χ2v) is 6.72. The predicted molar refractivity (Wildman–Crippen MR) is 100.0 cm³/mol. The summed E-state index contributed by atoms with van der Waals surface area (Å²) >= 11 is 0. The van der Waals surface area contributed by atoms with Gasteiger partial charge in [-0.05, 0) is 56.2 Å². The van der Waals surface area contributed by atoms with Crippen LogP contribution in [0.15, 0.2) is 42.5 Å². The highest BCUT2D eigenvalue weighted by atomic mass is 16.2. The van der Waals surface area contributed by atoms with E-state index in [2.05, 4.69) is 11.4 Å². The maximum Gasteiger partial charge on any atom is 0.251 e. The molecule has 1 N–H and O–H groups in total. The van der Waals surface area contributed by atoms with E-state index in [1.807, 2.05) is 32.9 Å². The lowest BCUT2D eigenvalue weighted by atomic mass is 9.99. The van der Waals surface area contributed by atoms with E-state index in [0.717, 1.165) is 16.7 Å². The smallest absolute Gasteiger partial charge is 0.251 e. The molecule has 1 atom stereocenters. The molecule has 0 bridgehead atoms. The lowest BCUT2D eigenvalue weighted by Crippen LogP contribution is -2.29. The molecule has 3 amide bonds. The van der Waals surface area contributed by atoms with E-state index >= 15 is 0 Å². The van der Waals surface area contributed by atoms with Gasteiger partial charge in [-0.3, -0.25) is 19.3 Å². The Hall–Kier alpha value is -2.95. The Bertz CT molecular complexity index is 855. The molecule has 1 saturated heterocycles. The molecule has 5 heteroatoms. The van der Waals surface area contributed by atoms with Crippen LogP contribution in [0.4, 0.5) is 5.69 Å². The van der Waals surface area contributed by atoms with Crippen LogP contribution in [-0.4, -0.2) is 17.7 Å². The van der Waals surface area contributed by atoms with Gasteiger partial charge >= 0.3 is 0 Å². The van der Waals surface area contributed by atoms with E-state index in [0.29, 0.717) is 11.3 Å². The summed E-state index contributed by atoms with van der Waals surface area (Å²) in [6.45, 7) is 6.00. The van der Waals surface area contributed by atoms with Crippen molar-refractivity contribution in [3.8, 4) is 0 Å². The van der Waals surface area contributed by atoms with Gasteiger partial charge in [0.2, 0.25) is 11.8 Å². The van der Waals surface area contributed by atoms with Crippen molar-refractivity contribution in [3.05, 3.63) is 64.7 Å². The van der Waals surface area contributed by atoms with Crippen LogP contribution in [0.2, 0.25) is 0 Å². The highest BCUT2D eigenvalue weighted by Crippen LogP contribution is 2.23. The largest absolute Gasteiger partial charge is 0.346 e. The van der Waals surface area contributed by atoms with Crippen molar-refractivity contribution in [1.29, 1.82) is 0 Å². The molecular formula is C21H22N2O3. The van der Waals surface area contributed by atoms with E-state index in [9.17, 15) is 14.4 Å². The van der Waals surface area contributed by atoms with Gasteiger partial charge in [0.1, 0.15) is 0 Å². The van der Waals surface area contributed by atoms with Gasteiger partial charge in [0, 0.05) is 18.4 Å². The monoisotopic (exact) mass is 350 g/mol. The van der Waals surface area contributed by atoms with Gasteiger partial charge in [0.15, 0.2) is 0 Å². The molecule has 3 rings (SSSR count). The summed E-state index contributed by atoms with van der Waals surface area (Å²) in [6.07, 6.45) is 0.489. The van der Waals surface area contributed by atoms with Crippen LogP contribution in [0.1, 0.15) is 52.9 Å². The second-order valence-electron chi connectivity index (χ2n) is 6.72. The average Bonchev–Trinajstić information content (AvgIpc) is 2.95. The maximum absolute atomic E-state index is 12.5. The number of anilines is 1. The number of carbonyl (C=O) groups excluding carboxylic acids is 3. The first-order valence-electron chi connectivity index (χ1n) is 8.70. The van der Waals surface area contributed by atoms with Gasteiger partial charge < -0.3 is 5.32 Å². The first-order valence-corrected chi connectivity index (χ1v) is 8.70. The van der Waals surface area contributed by atoms with Gasteiger partial charge in [0.05, 0.1) is 11.7 Å². The summed E-state index contributed by atoms with van der Waals surface area (Å²) in [5, 5.41) is 3.00. The van der Waals surface area contributed by atoms with E-state index in [1.165, 1.54) is 4.90 Å². The van der Waals surface area contributed by atoms with Gasteiger partial charge in [-0.1, -0.05) is 23.8 Å². The predicted octanol–water partition coefficient (Wildman–Crippen LogP) is 3.45. The lowest BCUT2D eigenvalue weighted by Gasteiger charge is -2.18. The molecule has 2 aromatic rings. The Morgan fingerprint density at radius 3 is 2.23 bits per heavy atom. The third kappa shape index (κ3) is 3.52. The van der Waals surface area contributed by atoms with Gasteiger partial charge in [-0.15, -0.1) is 0 Å². The van der Waals surface area contributed by atoms with Gasteiger partial charge in [-0.2, -0.15) is 0 Å². The molecule has 1 aliphatic rings. The normalized spacial score (nSPS) is 15.3. The fourth-order valence-corrected chi connectivity index (χ4v) is 3.21. The van der Waals surface area contributed by atoms with Crippen LogP contribution in [0.25, 0.3) is 0 Å². The van der Waals surface area contributed by atoms with E-state index in [1.54, 1.807) is 24.3 Å². The van der Waals surface area contributed by atoms with Crippen LogP contribution < -0.4 is 10.2 Å². The number of benzene rings is 2. The Balaban J connectivity index is 1.73. The fourth-order valence-electron chi connectivity index (χ4n) is 3.21. The molecule has 0 saturated carbocycles. The Labute approximate surface area is 153 Å². The first-order chi connectivity index (χ1) is 12.4. The number of nitrogens with one attached hydrogen (secondary N) is 1. The molecule has 0 aromatic heterocycles. The number of amides is 3. The fraction of sp³-hybridized carbons (Fsp3) is 0.286. The van der Waals surface area contributed by atoms with Crippen molar-refractivity contribution in [2.45, 2.75) is 39.7 Å². The number of carbonyl (C=O) groups is 3. The summed E-state index contributed by atoms with van der Waals surface area (Å²) in [5.74, 6) is -0.587. The summed E-state index contributed by atoms with van der Waals surface area (Å²) in [6, 6.07) is 12.6. The zero-order valence-corrected chi connectivity index (χ0v) is 15.2. The first kappa shape index (κ1) is 17.9. The molecule has 5 nitrogen and oxygen atoms in total. The van der Waals surface area contributed by atoms with Crippen LogP contribution >= 0.6 is 0 Å². The SMILES string of the molecule is Cc1ccc(C)c([C@H](C)NC(=O)c2ccc(N3C(=O)CCC3=O)cc2)c1. The highest BCUT2D eigenvalue weighted by molar-refractivity contribution is 6.19. The van der Waals surface area contributed by atoms with Crippen molar-refractivity contribution < 1.29 is 14.4 Å². The summed E-state index contributed by atoms with van der Waals surface area (Å²) in [5.41, 5.74) is 4.37. The van der Waals surface area contributed by atoms with Crippen LogP contribution in [0.3, 0.4) is 0 Å². The number of imide groups is 1. The summed E-state index contributed by atoms with van der Waals surface area (Å²) < 4.78 is 0. The molecule has 134 valence electrons. The molecule has 26 heavy (non-hydrogen) atoms. The Morgan fingerprint density at radius 1 is 1.00 bits per heavy atom. The van der Waals surface area contributed by atoms with Crippen LogP contribution in [-0.2, 0) is 9.59 Å². The number of rotatable bonds is 4. The lowest BCUT2D eigenvalue weighted by molar-refractivity contribution is -0.121. The van der Waals surface area contributed by atoms with E-state index < -0.39 is 0 Å². The van der Waals surface area contributed by atoms with Gasteiger partial charge in [-0.25, -0.2) is 0 Å². The maximum atomic E-state index is 12.5. The number of hydrogen-bond donors (Lipinski definition) is 1. The standard InChI is InChI=1S/C21H22N2O3/c1-13-4-5-14(2)18(12-13)15(3)22-21(26)16-6-8-17(9-7-16)23-19(24)10-11-20(23)25/h4-9,12,15H,10-11H2,1-3H3,(H,22,26)/t15-/m0/s1. The second kappa shape index (κ2) is 7.12. The molecule has 1 aliphatic heterocycles.